The Kier molecular flexibility index (Phi) is 4.98. The van der Waals surface area contributed by atoms with Crippen LogP contribution in [0.2, 0.25) is 0 Å². The van der Waals surface area contributed by atoms with Crippen molar-refractivity contribution in [1.29, 1.82) is 0 Å². The minimum atomic E-state index is -4.55. The summed E-state index contributed by atoms with van der Waals surface area (Å²) in [6, 6.07) is 6.22. The van der Waals surface area contributed by atoms with E-state index in [1.807, 2.05) is 0 Å². The number of hydrogen-bond donors (Lipinski definition) is 0. The maximum Gasteiger partial charge on any atom is 0.416 e. The number of ether oxygens (including phenoxy) is 1. The molecule has 5 nitrogen and oxygen atoms in total. The summed E-state index contributed by atoms with van der Waals surface area (Å²) in [6.07, 6.45) is -0.213. The Bertz CT molecular complexity index is 1040. The molecule has 0 aliphatic rings. The van der Waals surface area contributed by atoms with E-state index in [4.69, 9.17) is 4.74 Å². The molecule has 0 saturated heterocycles. The molecule has 0 aliphatic carbocycles. The third-order valence-corrected chi connectivity index (χ3v) is 4.01. The number of pyridine rings is 2. The number of carbonyl (C=O) groups is 1. The summed E-state index contributed by atoms with van der Waals surface area (Å²) in [5.41, 5.74) is -0.926. The summed E-state index contributed by atoms with van der Waals surface area (Å²) in [4.78, 5) is 28.6. The summed E-state index contributed by atoms with van der Waals surface area (Å²) in [5.74, 6) is -0.812. The Morgan fingerprint density at radius 3 is 2.52 bits per heavy atom. The van der Waals surface area contributed by atoms with Crippen LogP contribution in [0.4, 0.5) is 13.2 Å². The van der Waals surface area contributed by atoms with Gasteiger partial charge in [0.2, 0.25) is 5.43 Å². The molecule has 0 atom stereocenters. The van der Waals surface area contributed by atoms with Gasteiger partial charge in [-0.3, -0.25) is 9.78 Å². The SMILES string of the molecule is CCOC(=O)c1cn(Cc2ccncc2)c2cc(C(F)(F)F)ccc2c1=O. The molecular weight excluding hydrogens is 361 g/mol. The van der Waals surface area contributed by atoms with Crippen LogP contribution in [0.25, 0.3) is 10.9 Å². The van der Waals surface area contributed by atoms with Gasteiger partial charge in [0.15, 0.2) is 0 Å². The molecule has 1 aromatic carbocycles. The maximum atomic E-state index is 13.1. The lowest BCUT2D eigenvalue weighted by molar-refractivity contribution is -0.137. The van der Waals surface area contributed by atoms with Crippen molar-refractivity contribution in [3.8, 4) is 0 Å². The van der Waals surface area contributed by atoms with E-state index in [0.717, 1.165) is 23.8 Å². The summed E-state index contributed by atoms with van der Waals surface area (Å²) in [5, 5.41) is 0.0163. The third-order valence-electron chi connectivity index (χ3n) is 4.01. The normalized spacial score (nSPS) is 11.6. The molecule has 3 rings (SSSR count). The summed E-state index contributed by atoms with van der Waals surface area (Å²) < 4.78 is 45.7. The quantitative estimate of drug-likeness (QED) is 0.653. The molecule has 0 amide bonds. The first kappa shape index (κ1) is 18.6. The molecule has 0 bridgehead atoms. The standard InChI is InChI=1S/C19H15F3N2O3/c1-2-27-18(26)15-11-24(10-12-5-7-23-8-6-12)16-9-13(19(20,21)22)3-4-14(16)17(15)25/h3-9,11H,2,10H2,1H3. The zero-order valence-electron chi connectivity index (χ0n) is 14.3. The van der Waals surface area contributed by atoms with Crippen molar-refractivity contribution in [2.24, 2.45) is 0 Å². The van der Waals surface area contributed by atoms with E-state index >= 15 is 0 Å². The molecule has 2 heterocycles. The first-order valence-corrected chi connectivity index (χ1v) is 8.11. The summed E-state index contributed by atoms with van der Waals surface area (Å²) in [6.45, 7) is 1.84. The number of halogens is 3. The van der Waals surface area contributed by atoms with Gasteiger partial charge in [0.1, 0.15) is 5.56 Å². The molecule has 2 aromatic heterocycles. The van der Waals surface area contributed by atoms with Crippen LogP contribution >= 0.6 is 0 Å². The van der Waals surface area contributed by atoms with Crippen LogP contribution < -0.4 is 5.43 Å². The molecule has 140 valence electrons. The highest BCUT2D eigenvalue weighted by Gasteiger charge is 2.31. The molecule has 8 heteroatoms. The highest BCUT2D eigenvalue weighted by molar-refractivity contribution is 5.94. The number of carbonyl (C=O) groups excluding carboxylic acids is 1. The smallest absolute Gasteiger partial charge is 0.416 e. The summed E-state index contributed by atoms with van der Waals surface area (Å²) in [7, 11) is 0. The van der Waals surface area contributed by atoms with E-state index in [9.17, 15) is 22.8 Å². The van der Waals surface area contributed by atoms with Gasteiger partial charge in [0.05, 0.1) is 17.7 Å². The van der Waals surface area contributed by atoms with E-state index in [1.165, 1.54) is 10.8 Å². The van der Waals surface area contributed by atoms with Gasteiger partial charge in [0, 0.05) is 30.5 Å². The average molecular weight is 376 g/mol. The van der Waals surface area contributed by atoms with Gasteiger partial charge in [-0.05, 0) is 42.8 Å². The number of benzene rings is 1. The van der Waals surface area contributed by atoms with E-state index in [0.29, 0.717) is 0 Å². The number of nitrogens with zero attached hydrogens (tertiary/aromatic N) is 2. The Labute approximate surface area is 152 Å². The molecule has 0 spiro atoms. The van der Waals surface area contributed by atoms with Crippen LogP contribution in [0.3, 0.4) is 0 Å². The molecule has 0 unspecified atom stereocenters. The van der Waals surface area contributed by atoms with Crippen LogP contribution in [0.5, 0.6) is 0 Å². The minimum absolute atomic E-state index is 0.0163. The zero-order valence-corrected chi connectivity index (χ0v) is 14.3. The lowest BCUT2D eigenvalue weighted by atomic mass is 10.1. The van der Waals surface area contributed by atoms with E-state index < -0.39 is 23.1 Å². The number of rotatable bonds is 4. The van der Waals surface area contributed by atoms with Gasteiger partial charge >= 0.3 is 12.1 Å². The fourth-order valence-corrected chi connectivity index (χ4v) is 2.74. The predicted octanol–water partition coefficient (Wildman–Crippen LogP) is 3.64. The van der Waals surface area contributed by atoms with E-state index in [-0.39, 0.29) is 29.6 Å². The van der Waals surface area contributed by atoms with Gasteiger partial charge < -0.3 is 9.30 Å². The first-order valence-electron chi connectivity index (χ1n) is 8.11. The third kappa shape index (κ3) is 3.84. The van der Waals surface area contributed by atoms with Crippen molar-refractivity contribution in [2.75, 3.05) is 6.61 Å². The largest absolute Gasteiger partial charge is 0.462 e. The monoisotopic (exact) mass is 376 g/mol. The number of hydrogen-bond acceptors (Lipinski definition) is 4. The average Bonchev–Trinajstić information content (AvgIpc) is 2.64. The minimum Gasteiger partial charge on any atom is -0.462 e. The molecule has 3 aromatic rings. The number of alkyl halides is 3. The lowest BCUT2D eigenvalue weighted by Gasteiger charge is -2.15. The second-order valence-electron chi connectivity index (χ2n) is 5.81. The van der Waals surface area contributed by atoms with E-state index in [2.05, 4.69) is 4.98 Å². The first-order chi connectivity index (χ1) is 12.8. The highest BCUT2D eigenvalue weighted by atomic mass is 19.4. The van der Waals surface area contributed by atoms with Crippen LogP contribution in [0, 0.1) is 0 Å². The number of aromatic nitrogens is 2. The second kappa shape index (κ2) is 7.22. The Morgan fingerprint density at radius 2 is 1.89 bits per heavy atom. The van der Waals surface area contributed by atoms with Gasteiger partial charge in [-0.15, -0.1) is 0 Å². The highest BCUT2D eigenvalue weighted by Crippen LogP contribution is 2.31. The van der Waals surface area contributed by atoms with Crippen molar-refractivity contribution >= 4 is 16.9 Å². The number of esters is 1. The van der Waals surface area contributed by atoms with Gasteiger partial charge in [-0.2, -0.15) is 13.2 Å². The maximum absolute atomic E-state index is 13.1. The van der Waals surface area contributed by atoms with Crippen molar-refractivity contribution in [1.82, 2.24) is 9.55 Å². The molecule has 27 heavy (non-hydrogen) atoms. The van der Waals surface area contributed by atoms with Crippen molar-refractivity contribution in [3.05, 3.63) is 75.8 Å². The van der Waals surface area contributed by atoms with Gasteiger partial charge in [-0.1, -0.05) is 0 Å². The molecule has 0 radical (unpaired) electrons. The molecule has 0 aliphatic heterocycles. The topological polar surface area (TPSA) is 61.2 Å². The Morgan fingerprint density at radius 1 is 1.19 bits per heavy atom. The van der Waals surface area contributed by atoms with Crippen molar-refractivity contribution in [2.45, 2.75) is 19.6 Å². The molecule has 0 saturated carbocycles. The van der Waals surface area contributed by atoms with Crippen molar-refractivity contribution in [3.63, 3.8) is 0 Å². The zero-order chi connectivity index (χ0) is 19.6. The Hall–Kier alpha value is -3.16. The van der Waals surface area contributed by atoms with Crippen molar-refractivity contribution < 1.29 is 22.7 Å². The molecule has 0 N–H and O–H groups in total. The fourth-order valence-electron chi connectivity index (χ4n) is 2.74. The van der Waals surface area contributed by atoms with Gasteiger partial charge in [-0.25, -0.2) is 4.79 Å². The fraction of sp³-hybridized carbons (Fsp3) is 0.211. The molecular formula is C19H15F3N2O3. The van der Waals surface area contributed by atoms with Crippen LogP contribution in [-0.2, 0) is 17.5 Å². The van der Waals surface area contributed by atoms with E-state index in [1.54, 1.807) is 31.5 Å². The predicted molar refractivity (Wildman–Crippen MR) is 92.5 cm³/mol. The number of fused-ring (bicyclic) bond motifs is 1. The second-order valence-corrected chi connectivity index (χ2v) is 5.81. The summed E-state index contributed by atoms with van der Waals surface area (Å²) >= 11 is 0. The molecule has 0 fully saturated rings. The van der Waals surface area contributed by atoms with Crippen LogP contribution in [0.15, 0.2) is 53.7 Å². The van der Waals surface area contributed by atoms with Crippen LogP contribution in [0.1, 0.15) is 28.4 Å². The Balaban J connectivity index is 2.25. The lowest BCUT2D eigenvalue weighted by Crippen LogP contribution is -2.21. The van der Waals surface area contributed by atoms with Gasteiger partial charge in [0.25, 0.3) is 0 Å². The van der Waals surface area contributed by atoms with Crippen LogP contribution in [-0.4, -0.2) is 22.1 Å².